The molecule has 0 aliphatic carbocycles. The van der Waals surface area contributed by atoms with Crippen molar-refractivity contribution in [3.8, 4) is 5.75 Å². The van der Waals surface area contributed by atoms with Gasteiger partial charge in [0.1, 0.15) is 12.4 Å². The van der Waals surface area contributed by atoms with Gasteiger partial charge in [0.2, 0.25) is 0 Å². The van der Waals surface area contributed by atoms with Crippen LogP contribution >= 0.6 is 0 Å². The molecule has 0 saturated carbocycles. The maximum Gasteiger partial charge on any atom is 0.119 e. The maximum atomic E-state index is 5.66. The second-order valence-corrected chi connectivity index (χ2v) is 4.49. The fourth-order valence-electron chi connectivity index (χ4n) is 1.70. The van der Waals surface area contributed by atoms with Gasteiger partial charge in [-0.05, 0) is 24.2 Å². The molecule has 0 spiro atoms. The van der Waals surface area contributed by atoms with E-state index in [4.69, 9.17) is 18.9 Å². The molecule has 0 aromatic heterocycles. The van der Waals surface area contributed by atoms with E-state index in [1.165, 1.54) is 5.56 Å². The summed E-state index contributed by atoms with van der Waals surface area (Å²) in [6.07, 6.45) is 0. The Morgan fingerprint density at radius 3 is 2.38 bits per heavy atom. The lowest BCUT2D eigenvalue weighted by atomic mass is 10.2. The van der Waals surface area contributed by atoms with Gasteiger partial charge in [-0.3, -0.25) is 0 Å². The van der Waals surface area contributed by atoms with Crippen molar-refractivity contribution >= 4 is 0 Å². The molecular formula is C16H27NO4. The summed E-state index contributed by atoms with van der Waals surface area (Å²) in [5, 5.41) is 3.29. The number of methoxy groups -OCH3 is 1. The minimum Gasteiger partial charge on any atom is -0.491 e. The van der Waals surface area contributed by atoms with Gasteiger partial charge in [-0.2, -0.15) is 0 Å². The van der Waals surface area contributed by atoms with Crippen molar-refractivity contribution in [1.82, 2.24) is 5.32 Å². The lowest BCUT2D eigenvalue weighted by molar-refractivity contribution is 0.0179. The third-order valence-electron chi connectivity index (χ3n) is 2.78. The molecule has 1 aromatic carbocycles. The van der Waals surface area contributed by atoms with E-state index in [1.54, 1.807) is 7.11 Å². The molecule has 5 nitrogen and oxygen atoms in total. The highest BCUT2D eigenvalue weighted by Crippen LogP contribution is 2.13. The lowest BCUT2D eigenvalue weighted by Crippen LogP contribution is -2.13. The molecule has 0 aliphatic rings. The van der Waals surface area contributed by atoms with E-state index < -0.39 is 0 Å². The number of rotatable bonds is 13. The minimum atomic E-state index is 0.544. The first-order chi connectivity index (χ1) is 10.4. The zero-order chi connectivity index (χ0) is 15.2. The summed E-state index contributed by atoms with van der Waals surface area (Å²) >= 11 is 0. The van der Waals surface area contributed by atoms with Gasteiger partial charge in [0, 0.05) is 13.7 Å². The summed E-state index contributed by atoms with van der Waals surface area (Å²) < 4.78 is 21.3. The Kier molecular flexibility index (Phi) is 10.7. The molecule has 0 atom stereocenters. The molecule has 0 amide bonds. The number of hydrogen-bond acceptors (Lipinski definition) is 5. The molecule has 0 fully saturated rings. The van der Waals surface area contributed by atoms with E-state index >= 15 is 0 Å². The van der Waals surface area contributed by atoms with Crippen LogP contribution in [0, 0.1) is 0 Å². The van der Waals surface area contributed by atoms with Crippen molar-refractivity contribution < 1.29 is 18.9 Å². The Morgan fingerprint density at radius 1 is 0.952 bits per heavy atom. The first-order valence-electron chi connectivity index (χ1n) is 7.43. The van der Waals surface area contributed by atoms with E-state index in [2.05, 4.69) is 24.4 Å². The largest absolute Gasteiger partial charge is 0.491 e. The van der Waals surface area contributed by atoms with Crippen molar-refractivity contribution in [2.24, 2.45) is 0 Å². The molecule has 21 heavy (non-hydrogen) atoms. The van der Waals surface area contributed by atoms with Crippen LogP contribution in [0.4, 0.5) is 0 Å². The molecule has 5 heteroatoms. The number of ether oxygens (including phenoxy) is 4. The van der Waals surface area contributed by atoms with E-state index in [1.807, 2.05) is 12.1 Å². The molecule has 1 N–H and O–H groups in total. The normalized spacial score (nSPS) is 10.8. The second-order valence-electron chi connectivity index (χ2n) is 4.49. The highest BCUT2D eigenvalue weighted by Gasteiger charge is 1.97. The molecule has 0 unspecified atom stereocenters. The van der Waals surface area contributed by atoms with Gasteiger partial charge in [0.05, 0.1) is 33.0 Å². The van der Waals surface area contributed by atoms with Crippen molar-refractivity contribution in [3.05, 3.63) is 29.8 Å². The van der Waals surface area contributed by atoms with Crippen LogP contribution in [0.25, 0.3) is 0 Å². The van der Waals surface area contributed by atoms with E-state index in [-0.39, 0.29) is 0 Å². The molecule has 0 aliphatic heterocycles. The molecule has 0 bridgehead atoms. The second kappa shape index (κ2) is 12.6. The smallest absolute Gasteiger partial charge is 0.119 e. The van der Waals surface area contributed by atoms with Crippen LogP contribution in [-0.2, 0) is 20.8 Å². The van der Waals surface area contributed by atoms with Gasteiger partial charge in [-0.1, -0.05) is 19.1 Å². The number of nitrogens with one attached hydrogen (secondary N) is 1. The van der Waals surface area contributed by atoms with Crippen molar-refractivity contribution in [2.45, 2.75) is 13.5 Å². The number of hydrogen-bond donors (Lipinski definition) is 1. The predicted molar refractivity (Wildman–Crippen MR) is 82.8 cm³/mol. The summed E-state index contributed by atoms with van der Waals surface area (Å²) in [5.41, 5.74) is 1.22. The Labute approximate surface area is 127 Å². The average molecular weight is 297 g/mol. The molecular weight excluding hydrogens is 270 g/mol. The van der Waals surface area contributed by atoms with Gasteiger partial charge in [0.15, 0.2) is 0 Å². The average Bonchev–Trinajstić information content (AvgIpc) is 2.52. The summed E-state index contributed by atoms with van der Waals surface area (Å²) in [6, 6.07) is 8.11. The highest BCUT2D eigenvalue weighted by atomic mass is 16.6. The van der Waals surface area contributed by atoms with Crippen LogP contribution in [-0.4, -0.2) is 53.3 Å². The minimum absolute atomic E-state index is 0.544. The third-order valence-corrected chi connectivity index (χ3v) is 2.78. The number of benzene rings is 1. The van der Waals surface area contributed by atoms with Gasteiger partial charge in [-0.15, -0.1) is 0 Å². The van der Waals surface area contributed by atoms with Crippen LogP contribution < -0.4 is 10.1 Å². The molecule has 120 valence electrons. The Bertz CT molecular complexity index is 360. The molecule has 1 rings (SSSR count). The molecule has 0 radical (unpaired) electrons. The van der Waals surface area contributed by atoms with E-state index in [9.17, 15) is 0 Å². The van der Waals surface area contributed by atoms with Crippen LogP contribution in [0.1, 0.15) is 12.5 Å². The lowest BCUT2D eigenvalue weighted by Gasteiger charge is -2.09. The van der Waals surface area contributed by atoms with Crippen LogP contribution in [0.2, 0.25) is 0 Å². The zero-order valence-electron chi connectivity index (χ0n) is 13.1. The fraction of sp³-hybridized carbons (Fsp3) is 0.625. The first-order valence-corrected chi connectivity index (χ1v) is 7.43. The Hall–Kier alpha value is -1.14. The quantitative estimate of drug-likeness (QED) is 0.563. The monoisotopic (exact) mass is 297 g/mol. The Balaban J connectivity index is 2.04. The SMILES string of the molecule is CCNCc1cccc(OCCOCCOCCOC)c1. The summed E-state index contributed by atoms with van der Waals surface area (Å²) in [5.74, 6) is 0.880. The predicted octanol–water partition coefficient (Wildman–Crippen LogP) is 1.85. The van der Waals surface area contributed by atoms with Crippen LogP contribution in [0.3, 0.4) is 0 Å². The third kappa shape index (κ3) is 9.42. The van der Waals surface area contributed by atoms with E-state index in [0.717, 1.165) is 18.8 Å². The van der Waals surface area contributed by atoms with Gasteiger partial charge >= 0.3 is 0 Å². The van der Waals surface area contributed by atoms with Crippen molar-refractivity contribution in [2.75, 3.05) is 53.3 Å². The Morgan fingerprint density at radius 2 is 1.67 bits per heavy atom. The standard InChI is InChI=1S/C16H27NO4/c1-3-17-14-15-5-4-6-16(13-15)21-12-11-20-10-9-19-8-7-18-2/h4-6,13,17H,3,7-12,14H2,1-2H3. The molecule has 1 aromatic rings. The summed E-state index contributed by atoms with van der Waals surface area (Å²) in [6.45, 7) is 7.41. The first kappa shape index (κ1) is 17.9. The maximum absolute atomic E-state index is 5.66. The molecule has 0 heterocycles. The van der Waals surface area contributed by atoms with Crippen LogP contribution in [0.5, 0.6) is 5.75 Å². The van der Waals surface area contributed by atoms with Crippen LogP contribution in [0.15, 0.2) is 24.3 Å². The van der Waals surface area contributed by atoms with E-state index in [0.29, 0.717) is 39.6 Å². The topological polar surface area (TPSA) is 49.0 Å². The van der Waals surface area contributed by atoms with Gasteiger partial charge in [0.25, 0.3) is 0 Å². The fourth-order valence-corrected chi connectivity index (χ4v) is 1.70. The van der Waals surface area contributed by atoms with Crippen molar-refractivity contribution in [3.63, 3.8) is 0 Å². The summed E-state index contributed by atoms with van der Waals surface area (Å²) in [4.78, 5) is 0. The van der Waals surface area contributed by atoms with Gasteiger partial charge < -0.3 is 24.3 Å². The van der Waals surface area contributed by atoms with Crippen molar-refractivity contribution in [1.29, 1.82) is 0 Å². The highest BCUT2D eigenvalue weighted by molar-refractivity contribution is 5.28. The summed E-state index contributed by atoms with van der Waals surface area (Å²) in [7, 11) is 1.66. The zero-order valence-corrected chi connectivity index (χ0v) is 13.1. The van der Waals surface area contributed by atoms with Gasteiger partial charge in [-0.25, -0.2) is 0 Å². The molecule has 0 saturated heterocycles.